The molecule has 0 N–H and O–H groups in total. The minimum atomic E-state index is -0.572. The Morgan fingerprint density at radius 1 is 1.13 bits per heavy atom. The molecule has 2 aromatic rings. The second-order valence-electron chi connectivity index (χ2n) is 4.70. The number of nitriles is 1. The molecule has 118 valence electrons. The van der Waals surface area contributed by atoms with Gasteiger partial charge in [0.05, 0.1) is 12.5 Å². The molecule has 0 aliphatic heterocycles. The maximum atomic E-state index is 11.4. The van der Waals surface area contributed by atoms with Crippen LogP contribution < -0.4 is 14.2 Å². The van der Waals surface area contributed by atoms with Crippen molar-refractivity contribution in [2.45, 2.75) is 20.8 Å². The van der Waals surface area contributed by atoms with Gasteiger partial charge in [-0.15, -0.1) is 0 Å². The van der Waals surface area contributed by atoms with Gasteiger partial charge in [0.15, 0.2) is 17.2 Å². The lowest BCUT2D eigenvalue weighted by Crippen LogP contribution is -2.09. The van der Waals surface area contributed by atoms with E-state index in [0.29, 0.717) is 10.9 Å². The quantitative estimate of drug-likeness (QED) is 0.633. The molecule has 1 aromatic heterocycles. The van der Waals surface area contributed by atoms with Crippen molar-refractivity contribution in [3.05, 3.63) is 23.5 Å². The number of fused-ring (bicyclic) bond motifs is 1. The molecular weight excluding hydrogens is 300 g/mol. The number of rotatable bonds is 3. The summed E-state index contributed by atoms with van der Waals surface area (Å²) in [6, 6.07) is 3.51. The zero-order valence-electron chi connectivity index (χ0n) is 13.1. The smallest absolute Gasteiger partial charge is 0.308 e. The normalized spacial score (nSPS) is 10.0. The number of hydrogen-bond acceptors (Lipinski definition) is 7. The van der Waals surface area contributed by atoms with Gasteiger partial charge in [-0.05, 0) is 13.0 Å². The average molecular weight is 314 g/mol. The summed E-state index contributed by atoms with van der Waals surface area (Å²) in [5.41, 5.74) is 0.506. The van der Waals surface area contributed by atoms with E-state index in [1.165, 1.54) is 27.2 Å². The highest BCUT2D eigenvalue weighted by Gasteiger charge is 2.24. The fourth-order valence-electron chi connectivity index (χ4n) is 2.32. The van der Waals surface area contributed by atoms with E-state index in [2.05, 4.69) is 4.98 Å². The number of esters is 2. The number of hydrogen-bond donors (Lipinski definition) is 0. The molecule has 1 heterocycles. The van der Waals surface area contributed by atoms with Gasteiger partial charge >= 0.3 is 11.9 Å². The first-order valence-electron chi connectivity index (χ1n) is 6.66. The lowest BCUT2D eigenvalue weighted by Gasteiger charge is -2.18. The van der Waals surface area contributed by atoms with Gasteiger partial charge in [0.25, 0.3) is 0 Å². The molecule has 0 saturated carbocycles. The summed E-state index contributed by atoms with van der Waals surface area (Å²) in [5, 5.41) is 9.98. The van der Waals surface area contributed by atoms with E-state index in [4.69, 9.17) is 14.2 Å². The molecule has 7 heteroatoms. The van der Waals surface area contributed by atoms with Gasteiger partial charge in [0, 0.05) is 31.0 Å². The van der Waals surface area contributed by atoms with Crippen molar-refractivity contribution in [2.75, 3.05) is 7.11 Å². The fourth-order valence-corrected chi connectivity index (χ4v) is 2.32. The Labute approximate surface area is 132 Å². The third-order valence-electron chi connectivity index (χ3n) is 3.11. The van der Waals surface area contributed by atoms with Crippen LogP contribution in [0.2, 0.25) is 0 Å². The standard InChI is InChI=1S/C16H14N2O5/c1-8-14(22-9(2)19)11-5-6-18-12(7-17)13(11)16(15(8)21-4)23-10(3)20/h5-6H,1-4H3. The van der Waals surface area contributed by atoms with Crippen molar-refractivity contribution in [1.29, 1.82) is 5.26 Å². The third kappa shape index (κ3) is 2.92. The Kier molecular flexibility index (Phi) is 4.46. The molecule has 2 rings (SSSR count). The SMILES string of the molecule is COc1c(C)c(OC(C)=O)c2ccnc(C#N)c2c1OC(C)=O. The van der Waals surface area contributed by atoms with Crippen LogP contribution in [0.15, 0.2) is 12.3 Å². The Morgan fingerprint density at radius 2 is 1.74 bits per heavy atom. The average Bonchev–Trinajstić information content (AvgIpc) is 2.50. The zero-order valence-corrected chi connectivity index (χ0v) is 13.1. The molecular formula is C16H14N2O5. The number of benzene rings is 1. The fraction of sp³-hybridized carbons (Fsp3) is 0.250. The minimum absolute atomic E-state index is 0.0328. The molecule has 0 radical (unpaired) electrons. The van der Waals surface area contributed by atoms with Crippen molar-refractivity contribution < 1.29 is 23.8 Å². The highest BCUT2D eigenvalue weighted by molar-refractivity contribution is 6.01. The summed E-state index contributed by atoms with van der Waals surface area (Å²) in [7, 11) is 1.39. The summed E-state index contributed by atoms with van der Waals surface area (Å²) >= 11 is 0. The lowest BCUT2D eigenvalue weighted by atomic mass is 10.0. The maximum absolute atomic E-state index is 11.4. The van der Waals surface area contributed by atoms with Gasteiger partial charge in [-0.25, -0.2) is 4.98 Å². The topological polar surface area (TPSA) is 98.5 Å². The first-order valence-corrected chi connectivity index (χ1v) is 6.66. The second kappa shape index (κ2) is 6.32. The van der Waals surface area contributed by atoms with Gasteiger partial charge in [-0.1, -0.05) is 0 Å². The van der Waals surface area contributed by atoms with Crippen LogP contribution in [0.25, 0.3) is 10.8 Å². The Morgan fingerprint density at radius 3 is 2.26 bits per heavy atom. The summed E-state index contributed by atoms with van der Waals surface area (Å²) in [4.78, 5) is 26.8. The Bertz CT molecular complexity index is 852. The molecule has 0 aliphatic carbocycles. The highest BCUT2D eigenvalue weighted by atomic mass is 16.6. The van der Waals surface area contributed by atoms with Crippen molar-refractivity contribution in [1.82, 2.24) is 4.98 Å². The number of methoxy groups -OCH3 is 1. The van der Waals surface area contributed by atoms with Crippen molar-refractivity contribution in [2.24, 2.45) is 0 Å². The van der Waals surface area contributed by atoms with Crippen molar-refractivity contribution in [3.63, 3.8) is 0 Å². The molecule has 0 spiro atoms. The van der Waals surface area contributed by atoms with E-state index in [0.717, 1.165) is 0 Å². The van der Waals surface area contributed by atoms with Gasteiger partial charge in [-0.3, -0.25) is 9.59 Å². The molecule has 0 amide bonds. The van der Waals surface area contributed by atoms with Crippen molar-refractivity contribution >= 4 is 22.7 Å². The van der Waals surface area contributed by atoms with Crippen LogP contribution in [0.1, 0.15) is 25.1 Å². The van der Waals surface area contributed by atoms with E-state index < -0.39 is 11.9 Å². The van der Waals surface area contributed by atoms with Crippen LogP contribution >= 0.6 is 0 Å². The van der Waals surface area contributed by atoms with E-state index >= 15 is 0 Å². The zero-order chi connectivity index (χ0) is 17.1. The molecule has 1 aromatic carbocycles. The largest absolute Gasteiger partial charge is 0.492 e. The number of nitrogens with zero attached hydrogens (tertiary/aromatic N) is 2. The second-order valence-corrected chi connectivity index (χ2v) is 4.70. The monoisotopic (exact) mass is 314 g/mol. The summed E-state index contributed by atoms with van der Waals surface area (Å²) in [5.74, 6) is -0.579. The predicted octanol–water partition coefficient (Wildman–Crippen LogP) is 2.27. The number of carbonyl (C=O) groups is 2. The molecule has 0 unspecified atom stereocenters. The Balaban J connectivity index is 3.00. The van der Waals surface area contributed by atoms with Gasteiger partial charge in [-0.2, -0.15) is 5.26 Å². The number of ether oxygens (including phenoxy) is 3. The Hall–Kier alpha value is -3.14. The van der Waals surface area contributed by atoms with Crippen LogP contribution in [0.5, 0.6) is 17.2 Å². The van der Waals surface area contributed by atoms with E-state index in [-0.39, 0.29) is 28.3 Å². The van der Waals surface area contributed by atoms with Crippen LogP contribution in [0, 0.1) is 18.3 Å². The minimum Gasteiger partial charge on any atom is -0.492 e. The molecule has 0 bridgehead atoms. The first-order chi connectivity index (χ1) is 10.9. The van der Waals surface area contributed by atoms with Crippen LogP contribution in [-0.4, -0.2) is 24.0 Å². The number of carbonyl (C=O) groups excluding carboxylic acids is 2. The van der Waals surface area contributed by atoms with Crippen LogP contribution in [0.4, 0.5) is 0 Å². The van der Waals surface area contributed by atoms with Gasteiger partial charge in [0.2, 0.25) is 0 Å². The molecule has 0 aliphatic rings. The van der Waals surface area contributed by atoms with Crippen LogP contribution in [-0.2, 0) is 9.59 Å². The number of aromatic nitrogens is 1. The van der Waals surface area contributed by atoms with Crippen LogP contribution in [0.3, 0.4) is 0 Å². The van der Waals surface area contributed by atoms with E-state index in [1.54, 1.807) is 13.0 Å². The highest BCUT2D eigenvalue weighted by Crippen LogP contribution is 2.46. The van der Waals surface area contributed by atoms with E-state index in [1.807, 2.05) is 6.07 Å². The van der Waals surface area contributed by atoms with Gasteiger partial charge in [0.1, 0.15) is 11.8 Å². The summed E-state index contributed by atoms with van der Waals surface area (Å²) in [6.07, 6.45) is 1.41. The van der Waals surface area contributed by atoms with Crippen molar-refractivity contribution in [3.8, 4) is 23.3 Å². The van der Waals surface area contributed by atoms with E-state index in [9.17, 15) is 14.9 Å². The molecule has 7 nitrogen and oxygen atoms in total. The molecule has 0 fully saturated rings. The van der Waals surface area contributed by atoms with Gasteiger partial charge < -0.3 is 14.2 Å². The predicted molar refractivity (Wildman–Crippen MR) is 80.4 cm³/mol. The third-order valence-corrected chi connectivity index (χ3v) is 3.11. The molecule has 0 atom stereocenters. The first kappa shape index (κ1) is 16.2. The molecule has 23 heavy (non-hydrogen) atoms. The molecule has 0 saturated heterocycles. The lowest BCUT2D eigenvalue weighted by molar-refractivity contribution is -0.133. The summed E-state index contributed by atoms with van der Waals surface area (Å²) < 4.78 is 15.8. The number of pyridine rings is 1. The maximum Gasteiger partial charge on any atom is 0.308 e. The summed E-state index contributed by atoms with van der Waals surface area (Å²) in [6.45, 7) is 4.17.